The van der Waals surface area contributed by atoms with Crippen molar-refractivity contribution in [3.8, 4) is 0 Å². The molecule has 1 heterocycles. The monoisotopic (exact) mass is 375 g/mol. The summed E-state index contributed by atoms with van der Waals surface area (Å²) < 4.78 is 58.9. The molecular formula is C16H32F3NO3S. The Balaban J connectivity index is 0.000000561. The lowest BCUT2D eigenvalue weighted by atomic mass is 9.94. The van der Waals surface area contributed by atoms with Crippen molar-refractivity contribution in [3.05, 3.63) is 0 Å². The van der Waals surface area contributed by atoms with Crippen molar-refractivity contribution in [2.75, 3.05) is 19.6 Å². The largest absolute Gasteiger partial charge is 0.741 e. The number of quaternary nitrogens is 1. The van der Waals surface area contributed by atoms with Gasteiger partial charge in [0, 0.05) is 0 Å². The summed E-state index contributed by atoms with van der Waals surface area (Å²) in [6.07, 6.45) is 13.1. The van der Waals surface area contributed by atoms with Crippen LogP contribution < -0.4 is 4.90 Å². The van der Waals surface area contributed by atoms with E-state index >= 15 is 0 Å². The number of piperidine rings is 1. The second-order valence-corrected chi connectivity index (χ2v) is 7.89. The first kappa shape index (κ1) is 23.7. The predicted molar refractivity (Wildman–Crippen MR) is 87.7 cm³/mol. The summed E-state index contributed by atoms with van der Waals surface area (Å²) in [7, 11) is -6.09. The minimum atomic E-state index is -6.09. The molecule has 0 aromatic carbocycles. The molecule has 8 heteroatoms. The molecule has 1 rings (SSSR count). The Hall–Kier alpha value is -0.340. The highest BCUT2D eigenvalue weighted by atomic mass is 32.2. The Morgan fingerprint density at radius 3 is 1.88 bits per heavy atom. The molecule has 1 fully saturated rings. The lowest BCUT2D eigenvalue weighted by Gasteiger charge is -2.28. The molecule has 0 saturated carbocycles. The predicted octanol–water partition coefficient (Wildman–Crippen LogP) is 3.10. The third-order valence-electron chi connectivity index (χ3n) is 4.56. The molecule has 0 unspecified atom stereocenters. The van der Waals surface area contributed by atoms with E-state index in [0.29, 0.717) is 0 Å². The van der Waals surface area contributed by atoms with E-state index in [1.807, 2.05) is 4.90 Å². The number of hydrogen-bond donors (Lipinski definition) is 1. The molecule has 0 bridgehead atoms. The number of unbranched alkanes of at least 4 members (excludes halogenated alkanes) is 5. The number of alkyl halides is 3. The number of rotatable bonds is 8. The van der Waals surface area contributed by atoms with Gasteiger partial charge in [0.25, 0.3) is 0 Å². The zero-order chi connectivity index (χ0) is 18.6. The van der Waals surface area contributed by atoms with Gasteiger partial charge < -0.3 is 9.45 Å². The van der Waals surface area contributed by atoms with Crippen LogP contribution in [-0.2, 0) is 10.1 Å². The fourth-order valence-electron chi connectivity index (χ4n) is 2.90. The summed E-state index contributed by atoms with van der Waals surface area (Å²) in [6, 6.07) is 0. The topological polar surface area (TPSA) is 61.6 Å². The first-order chi connectivity index (χ1) is 11.1. The number of halogens is 3. The van der Waals surface area contributed by atoms with Gasteiger partial charge in [-0.05, 0) is 31.6 Å². The normalized spacial score (nSPS) is 21.9. The summed E-state index contributed by atoms with van der Waals surface area (Å²) in [5, 5.41) is 0. The molecule has 1 aliphatic heterocycles. The summed E-state index contributed by atoms with van der Waals surface area (Å²) in [5.74, 6) is 1.05. The van der Waals surface area contributed by atoms with Crippen molar-refractivity contribution in [2.45, 2.75) is 77.1 Å². The third kappa shape index (κ3) is 11.3. The van der Waals surface area contributed by atoms with Gasteiger partial charge in [-0.25, -0.2) is 8.42 Å². The van der Waals surface area contributed by atoms with Crippen molar-refractivity contribution in [3.63, 3.8) is 0 Å². The molecule has 24 heavy (non-hydrogen) atoms. The van der Waals surface area contributed by atoms with Crippen LogP contribution in [0.5, 0.6) is 0 Å². The molecular weight excluding hydrogens is 343 g/mol. The fourth-order valence-corrected chi connectivity index (χ4v) is 2.90. The Bertz CT molecular complexity index is 405. The van der Waals surface area contributed by atoms with E-state index in [-0.39, 0.29) is 0 Å². The Morgan fingerprint density at radius 1 is 1.00 bits per heavy atom. The number of likely N-dealkylation sites (tertiary alicyclic amines) is 1. The van der Waals surface area contributed by atoms with Gasteiger partial charge in [-0.15, -0.1) is 0 Å². The van der Waals surface area contributed by atoms with Gasteiger partial charge >= 0.3 is 5.51 Å². The molecule has 0 spiro atoms. The van der Waals surface area contributed by atoms with Crippen LogP contribution in [0.15, 0.2) is 0 Å². The average Bonchev–Trinajstić information content (AvgIpc) is 2.50. The molecule has 0 atom stereocenters. The van der Waals surface area contributed by atoms with E-state index in [1.54, 1.807) is 0 Å². The molecule has 4 nitrogen and oxygen atoms in total. The maximum Gasteiger partial charge on any atom is 0.485 e. The molecule has 146 valence electrons. The molecule has 1 N–H and O–H groups in total. The highest BCUT2D eigenvalue weighted by Crippen LogP contribution is 2.20. The van der Waals surface area contributed by atoms with Gasteiger partial charge in [0.05, 0.1) is 19.6 Å². The molecule has 0 aromatic heterocycles. The van der Waals surface area contributed by atoms with Gasteiger partial charge in [0.15, 0.2) is 10.1 Å². The fraction of sp³-hybridized carbons (Fsp3) is 1.00. The maximum absolute atomic E-state index is 10.7. The lowest BCUT2D eigenvalue weighted by molar-refractivity contribution is -0.906. The maximum atomic E-state index is 10.7. The molecule has 0 aromatic rings. The van der Waals surface area contributed by atoms with Crippen LogP contribution in [0.2, 0.25) is 0 Å². The van der Waals surface area contributed by atoms with Crippen LogP contribution >= 0.6 is 0 Å². The average molecular weight is 375 g/mol. The minimum Gasteiger partial charge on any atom is -0.741 e. The van der Waals surface area contributed by atoms with Gasteiger partial charge in [-0.1, -0.05) is 46.0 Å². The number of hydrogen-bond acceptors (Lipinski definition) is 3. The van der Waals surface area contributed by atoms with Crippen LogP contribution in [0.4, 0.5) is 13.2 Å². The third-order valence-corrected chi connectivity index (χ3v) is 5.12. The van der Waals surface area contributed by atoms with Crippen LogP contribution in [0.1, 0.15) is 71.6 Å². The number of nitrogens with one attached hydrogen (secondary N) is 1. The molecule has 0 radical (unpaired) electrons. The van der Waals surface area contributed by atoms with E-state index in [4.69, 9.17) is 13.0 Å². The molecule has 0 aliphatic carbocycles. The van der Waals surface area contributed by atoms with Gasteiger partial charge in [0.1, 0.15) is 0 Å². The standard InChI is InChI=1S/C15H31N.CHF3O3S/c1-3-5-6-7-8-9-12-16-13-10-15(4-2)11-14-16;2-1(3,4)8(5,6)7/h15H,3-14H2,1-2H3;(H,5,6,7). The zero-order valence-corrected chi connectivity index (χ0v) is 15.6. The van der Waals surface area contributed by atoms with Crippen molar-refractivity contribution in [1.82, 2.24) is 0 Å². The summed E-state index contributed by atoms with van der Waals surface area (Å²) >= 11 is 0. The van der Waals surface area contributed by atoms with E-state index in [1.165, 1.54) is 77.4 Å². The smallest absolute Gasteiger partial charge is 0.485 e. The Labute approximate surface area is 144 Å². The summed E-state index contributed by atoms with van der Waals surface area (Å²) in [4.78, 5) is 1.89. The molecule has 1 aliphatic rings. The van der Waals surface area contributed by atoms with Crippen LogP contribution in [-0.4, -0.2) is 38.1 Å². The minimum absolute atomic E-state index is 1.05. The van der Waals surface area contributed by atoms with Crippen molar-refractivity contribution in [1.29, 1.82) is 0 Å². The van der Waals surface area contributed by atoms with Crippen molar-refractivity contribution < 1.29 is 31.0 Å². The van der Waals surface area contributed by atoms with Crippen LogP contribution in [0.25, 0.3) is 0 Å². The SMILES string of the molecule is CCCCCCCC[NH+]1CCC(CC)CC1.O=S(=O)([O-])C(F)(F)F. The van der Waals surface area contributed by atoms with E-state index < -0.39 is 15.6 Å². The van der Waals surface area contributed by atoms with E-state index in [2.05, 4.69) is 13.8 Å². The molecule has 1 saturated heterocycles. The lowest BCUT2D eigenvalue weighted by Crippen LogP contribution is -3.13. The van der Waals surface area contributed by atoms with E-state index in [9.17, 15) is 13.2 Å². The highest BCUT2D eigenvalue weighted by Gasteiger charge is 2.36. The first-order valence-electron chi connectivity index (χ1n) is 8.97. The van der Waals surface area contributed by atoms with Crippen molar-refractivity contribution >= 4 is 10.1 Å². The molecule has 0 amide bonds. The first-order valence-corrected chi connectivity index (χ1v) is 10.4. The van der Waals surface area contributed by atoms with Gasteiger partial charge in [-0.2, -0.15) is 13.2 Å². The Morgan fingerprint density at radius 2 is 1.46 bits per heavy atom. The van der Waals surface area contributed by atoms with Crippen molar-refractivity contribution in [2.24, 2.45) is 5.92 Å². The zero-order valence-electron chi connectivity index (χ0n) is 14.8. The Kier molecular flexibility index (Phi) is 11.9. The quantitative estimate of drug-likeness (QED) is 0.403. The summed E-state index contributed by atoms with van der Waals surface area (Å²) in [5.41, 5.74) is -5.65. The van der Waals surface area contributed by atoms with Crippen LogP contribution in [0.3, 0.4) is 0 Å². The second kappa shape index (κ2) is 12.1. The summed E-state index contributed by atoms with van der Waals surface area (Å²) in [6.45, 7) is 8.99. The van der Waals surface area contributed by atoms with E-state index in [0.717, 1.165) is 5.92 Å². The van der Waals surface area contributed by atoms with Gasteiger partial charge in [0.2, 0.25) is 0 Å². The second-order valence-electron chi connectivity index (χ2n) is 6.52. The van der Waals surface area contributed by atoms with Crippen LogP contribution in [0, 0.1) is 5.92 Å². The van der Waals surface area contributed by atoms with Gasteiger partial charge in [-0.3, -0.25) is 0 Å². The highest BCUT2D eigenvalue weighted by molar-refractivity contribution is 7.86.